The zero-order valence-corrected chi connectivity index (χ0v) is 11.3. The fourth-order valence-electron chi connectivity index (χ4n) is 2.53. The summed E-state index contributed by atoms with van der Waals surface area (Å²) in [5.41, 5.74) is 2.59. The normalized spacial score (nSPS) is 15.6. The zero-order valence-electron chi connectivity index (χ0n) is 11.3. The van der Waals surface area contributed by atoms with E-state index in [4.69, 9.17) is 0 Å². The van der Waals surface area contributed by atoms with Crippen LogP contribution in [0.2, 0.25) is 0 Å². The third-order valence-corrected chi connectivity index (χ3v) is 3.63. The Balaban J connectivity index is 1.67. The molecule has 0 aliphatic carbocycles. The molecular weight excluding hydrogens is 234 g/mol. The number of nitrogens with zero attached hydrogens (tertiary/aromatic N) is 3. The number of rotatable bonds is 2. The van der Waals surface area contributed by atoms with Crippen molar-refractivity contribution in [3.8, 4) is 0 Å². The summed E-state index contributed by atoms with van der Waals surface area (Å²) >= 11 is 0. The Kier molecular flexibility index (Phi) is 3.36. The molecule has 1 aliphatic heterocycles. The van der Waals surface area contributed by atoms with Crippen LogP contribution in [0.5, 0.6) is 0 Å². The van der Waals surface area contributed by atoms with Crippen molar-refractivity contribution in [3.05, 3.63) is 54.2 Å². The van der Waals surface area contributed by atoms with E-state index in [1.54, 1.807) is 0 Å². The Labute approximate surface area is 114 Å². The van der Waals surface area contributed by atoms with Crippen LogP contribution in [-0.4, -0.2) is 31.2 Å². The number of aromatic nitrogens is 1. The van der Waals surface area contributed by atoms with Gasteiger partial charge in [-0.3, -0.25) is 0 Å². The molecule has 0 radical (unpaired) electrons. The van der Waals surface area contributed by atoms with Gasteiger partial charge in [0, 0.05) is 38.1 Å². The molecule has 0 spiro atoms. The molecule has 0 unspecified atom stereocenters. The van der Waals surface area contributed by atoms with E-state index in [9.17, 15) is 0 Å². The molecule has 3 rings (SSSR count). The predicted molar refractivity (Wildman–Crippen MR) is 79.8 cm³/mol. The largest absolute Gasteiger partial charge is 0.368 e. The minimum absolute atomic E-state index is 1.03. The van der Waals surface area contributed by atoms with Crippen LogP contribution in [0.3, 0.4) is 0 Å². The first-order valence-corrected chi connectivity index (χ1v) is 6.80. The lowest BCUT2D eigenvalue weighted by Crippen LogP contribution is -2.46. The molecule has 2 heterocycles. The number of pyridine rings is 1. The number of aryl methyl sites for hydroxylation is 1. The highest BCUT2D eigenvalue weighted by molar-refractivity contribution is 5.49. The van der Waals surface area contributed by atoms with Gasteiger partial charge in [-0.15, -0.1) is 0 Å². The highest BCUT2D eigenvalue weighted by atomic mass is 15.3. The van der Waals surface area contributed by atoms with Gasteiger partial charge >= 0.3 is 0 Å². The summed E-state index contributed by atoms with van der Waals surface area (Å²) in [6.45, 7) is 6.29. The quantitative estimate of drug-likeness (QED) is 0.820. The van der Waals surface area contributed by atoms with Gasteiger partial charge in [-0.2, -0.15) is 0 Å². The van der Waals surface area contributed by atoms with Crippen molar-refractivity contribution in [2.75, 3.05) is 36.0 Å². The van der Waals surface area contributed by atoms with E-state index in [0.717, 1.165) is 32.0 Å². The van der Waals surface area contributed by atoms with Gasteiger partial charge in [-0.25, -0.2) is 4.98 Å². The third kappa shape index (κ3) is 2.70. The summed E-state index contributed by atoms with van der Waals surface area (Å²) in [6.07, 6.45) is 1.90. The van der Waals surface area contributed by atoms with E-state index >= 15 is 0 Å². The van der Waals surface area contributed by atoms with E-state index in [-0.39, 0.29) is 0 Å². The van der Waals surface area contributed by atoms with Crippen molar-refractivity contribution < 1.29 is 0 Å². The average molecular weight is 253 g/mol. The Morgan fingerprint density at radius 2 is 1.58 bits per heavy atom. The first-order valence-electron chi connectivity index (χ1n) is 6.80. The maximum absolute atomic E-state index is 4.47. The number of hydrogen-bond donors (Lipinski definition) is 0. The molecule has 0 atom stereocenters. The maximum atomic E-state index is 4.47. The van der Waals surface area contributed by atoms with Crippen LogP contribution in [0.1, 0.15) is 5.56 Å². The van der Waals surface area contributed by atoms with Crippen LogP contribution < -0.4 is 9.80 Å². The van der Waals surface area contributed by atoms with E-state index in [1.165, 1.54) is 11.3 Å². The zero-order chi connectivity index (χ0) is 13.1. The van der Waals surface area contributed by atoms with Crippen LogP contribution >= 0.6 is 0 Å². The minimum Gasteiger partial charge on any atom is -0.368 e. The van der Waals surface area contributed by atoms with Crippen LogP contribution in [0.25, 0.3) is 0 Å². The lowest BCUT2D eigenvalue weighted by Gasteiger charge is -2.36. The van der Waals surface area contributed by atoms with Gasteiger partial charge < -0.3 is 9.80 Å². The van der Waals surface area contributed by atoms with Crippen molar-refractivity contribution in [1.29, 1.82) is 0 Å². The van der Waals surface area contributed by atoms with Gasteiger partial charge in [0.25, 0.3) is 0 Å². The summed E-state index contributed by atoms with van der Waals surface area (Å²) in [7, 11) is 0. The second-order valence-corrected chi connectivity index (χ2v) is 5.00. The molecular formula is C16H19N3. The van der Waals surface area contributed by atoms with Crippen LogP contribution in [0.4, 0.5) is 11.5 Å². The van der Waals surface area contributed by atoms with Crippen molar-refractivity contribution in [2.24, 2.45) is 0 Å². The molecule has 3 heteroatoms. The van der Waals surface area contributed by atoms with Crippen molar-refractivity contribution in [2.45, 2.75) is 6.92 Å². The maximum Gasteiger partial charge on any atom is 0.128 e. The topological polar surface area (TPSA) is 19.4 Å². The lowest BCUT2D eigenvalue weighted by atomic mass is 10.2. The monoisotopic (exact) mass is 253 g/mol. The molecule has 1 aromatic carbocycles. The molecule has 0 saturated carbocycles. The standard InChI is InChI=1S/C16H19N3/c1-14-7-8-17-16(13-14)19-11-9-18(10-12-19)15-5-3-2-4-6-15/h2-8,13H,9-12H2,1H3. The Bertz CT molecular complexity index is 531. The molecule has 1 aliphatic rings. The molecule has 2 aromatic rings. The molecule has 1 aromatic heterocycles. The summed E-state index contributed by atoms with van der Waals surface area (Å²) in [4.78, 5) is 9.27. The Morgan fingerprint density at radius 1 is 0.895 bits per heavy atom. The lowest BCUT2D eigenvalue weighted by molar-refractivity contribution is 0.647. The van der Waals surface area contributed by atoms with Crippen molar-refractivity contribution in [3.63, 3.8) is 0 Å². The molecule has 19 heavy (non-hydrogen) atoms. The smallest absolute Gasteiger partial charge is 0.128 e. The molecule has 0 amide bonds. The number of piperazine rings is 1. The average Bonchev–Trinajstić information content (AvgIpc) is 2.48. The van der Waals surface area contributed by atoms with Crippen molar-refractivity contribution >= 4 is 11.5 Å². The Morgan fingerprint density at radius 3 is 2.26 bits per heavy atom. The SMILES string of the molecule is Cc1ccnc(N2CCN(c3ccccc3)CC2)c1. The fraction of sp³-hybridized carbons (Fsp3) is 0.312. The van der Waals surface area contributed by atoms with Gasteiger partial charge in [-0.05, 0) is 36.8 Å². The number of anilines is 2. The molecule has 0 bridgehead atoms. The summed E-state index contributed by atoms with van der Waals surface area (Å²) < 4.78 is 0. The van der Waals surface area contributed by atoms with E-state index in [2.05, 4.69) is 58.1 Å². The van der Waals surface area contributed by atoms with Crippen LogP contribution in [-0.2, 0) is 0 Å². The highest BCUT2D eigenvalue weighted by Gasteiger charge is 2.17. The summed E-state index contributed by atoms with van der Waals surface area (Å²) in [5, 5.41) is 0. The van der Waals surface area contributed by atoms with Crippen LogP contribution in [0.15, 0.2) is 48.7 Å². The third-order valence-electron chi connectivity index (χ3n) is 3.63. The van der Waals surface area contributed by atoms with Gasteiger partial charge in [-0.1, -0.05) is 18.2 Å². The molecule has 0 N–H and O–H groups in total. The number of benzene rings is 1. The molecule has 3 nitrogen and oxygen atoms in total. The first-order chi connectivity index (χ1) is 9.33. The van der Waals surface area contributed by atoms with Gasteiger partial charge in [0.1, 0.15) is 5.82 Å². The van der Waals surface area contributed by atoms with Crippen molar-refractivity contribution in [1.82, 2.24) is 4.98 Å². The number of hydrogen-bond acceptors (Lipinski definition) is 3. The highest BCUT2D eigenvalue weighted by Crippen LogP contribution is 2.19. The van der Waals surface area contributed by atoms with E-state index < -0.39 is 0 Å². The van der Waals surface area contributed by atoms with E-state index in [0.29, 0.717) is 0 Å². The first kappa shape index (κ1) is 12.0. The molecule has 98 valence electrons. The second-order valence-electron chi connectivity index (χ2n) is 5.00. The fourth-order valence-corrected chi connectivity index (χ4v) is 2.53. The van der Waals surface area contributed by atoms with Gasteiger partial charge in [0.05, 0.1) is 0 Å². The van der Waals surface area contributed by atoms with E-state index in [1.807, 2.05) is 12.3 Å². The van der Waals surface area contributed by atoms with Crippen LogP contribution in [0, 0.1) is 6.92 Å². The minimum atomic E-state index is 1.03. The molecule has 1 saturated heterocycles. The summed E-state index contributed by atoms with van der Waals surface area (Å²) in [5.74, 6) is 1.10. The second kappa shape index (κ2) is 5.31. The Hall–Kier alpha value is -2.03. The molecule has 1 fully saturated rings. The van der Waals surface area contributed by atoms with Gasteiger partial charge in [0.2, 0.25) is 0 Å². The summed E-state index contributed by atoms with van der Waals surface area (Å²) in [6, 6.07) is 14.8. The predicted octanol–water partition coefficient (Wildman–Crippen LogP) is 2.72. The van der Waals surface area contributed by atoms with Gasteiger partial charge in [0.15, 0.2) is 0 Å². The number of para-hydroxylation sites is 1.